The first kappa shape index (κ1) is 16.8. The minimum absolute atomic E-state index is 0.851. The Morgan fingerprint density at radius 2 is 1.25 bits per heavy atom. The smallest absolute Gasteiger partial charge is 0.0245 e. The molecule has 1 aromatic carbocycles. The predicted octanol–water partition coefficient (Wildman–Crippen LogP) is 4.90. The maximum absolute atomic E-state index is 5.47. The van der Waals surface area contributed by atoms with Gasteiger partial charge in [-0.15, -0.1) is 0 Å². The second-order valence-corrected chi connectivity index (χ2v) is 5.39. The third kappa shape index (κ3) is 9.64. The lowest BCUT2D eigenvalue weighted by atomic mass is 10.1. The highest BCUT2D eigenvalue weighted by Gasteiger charge is 1.91. The van der Waals surface area contributed by atoms with E-state index in [1.165, 1.54) is 57.8 Å². The van der Waals surface area contributed by atoms with Crippen molar-refractivity contribution in [1.82, 2.24) is 0 Å². The molecule has 110 valence electrons. The molecule has 0 radical (unpaired) electrons. The van der Waals surface area contributed by atoms with E-state index in [9.17, 15) is 0 Å². The topological polar surface area (TPSA) is 26.0 Å². The van der Waals surface area contributed by atoms with Crippen molar-refractivity contribution in [2.24, 2.45) is 5.73 Å². The summed E-state index contributed by atoms with van der Waals surface area (Å²) in [7, 11) is 0. The van der Waals surface area contributed by atoms with Crippen LogP contribution in [0.5, 0.6) is 0 Å². The van der Waals surface area contributed by atoms with Crippen LogP contribution in [0.4, 0.5) is 0 Å². The fraction of sp³-hybridized carbons (Fsp3) is 0.579. The maximum atomic E-state index is 5.47. The van der Waals surface area contributed by atoms with Crippen LogP contribution in [0.25, 0.3) is 0 Å². The number of hydrogen-bond donors (Lipinski definition) is 1. The lowest BCUT2D eigenvalue weighted by Gasteiger charge is -2.00. The van der Waals surface area contributed by atoms with Gasteiger partial charge >= 0.3 is 0 Å². The van der Waals surface area contributed by atoms with Crippen LogP contribution in [0.15, 0.2) is 30.3 Å². The number of benzene rings is 1. The quantitative estimate of drug-likeness (QED) is 0.475. The van der Waals surface area contributed by atoms with E-state index in [4.69, 9.17) is 5.73 Å². The Balaban J connectivity index is 1.87. The SMILES string of the molecule is NCCCCCCCCCCCC#Cc1ccccc1. The van der Waals surface area contributed by atoms with Crippen molar-refractivity contribution in [2.45, 2.75) is 64.2 Å². The van der Waals surface area contributed by atoms with Gasteiger partial charge in [-0.25, -0.2) is 0 Å². The van der Waals surface area contributed by atoms with Crippen molar-refractivity contribution in [3.05, 3.63) is 35.9 Å². The van der Waals surface area contributed by atoms with Crippen molar-refractivity contribution in [3.63, 3.8) is 0 Å². The van der Waals surface area contributed by atoms with E-state index in [1.54, 1.807) is 0 Å². The maximum Gasteiger partial charge on any atom is 0.0245 e. The molecular weight excluding hydrogens is 242 g/mol. The second-order valence-electron chi connectivity index (χ2n) is 5.39. The lowest BCUT2D eigenvalue weighted by molar-refractivity contribution is 0.563. The minimum Gasteiger partial charge on any atom is -0.330 e. The van der Waals surface area contributed by atoms with Gasteiger partial charge in [0.15, 0.2) is 0 Å². The summed E-state index contributed by atoms with van der Waals surface area (Å²) in [4.78, 5) is 0. The summed E-state index contributed by atoms with van der Waals surface area (Å²) in [5, 5.41) is 0. The number of unbranched alkanes of at least 4 members (excludes halogenated alkanes) is 9. The minimum atomic E-state index is 0.851. The molecule has 0 fully saturated rings. The predicted molar refractivity (Wildman–Crippen MR) is 88.5 cm³/mol. The first-order valence-electron chi connectivity index (χ1n) is 8.17. The van der Waals surface area contributed by atoms with E-state index < -0.39 is 0 Å². The molecule has 1 rings (SSSR count). The molecule has 0 aliphatic rings. The van der Waals surface area contributed by atoms with Crippen LogP contribution in [0.3, 0.4) is 0 Å². The summed E-state index contributed by atoms with van der Waals surface area (Å²) >= 11 is 0. The molecule has 0 aromatic heterocycles. The van der Waals surface area contributed by atoms with Crippen LogP contribution in [0.1, 0.15) is 69.8 Å². The zero-order valence-electron chi connectivity index (χ0n) is 12.7. The second kappa shape index (κ2) is 12.8. The molecule has 0 saturated heterocycles. The van der Waals surface area contributed by atoms with Crippen molar-refractivity contribution in [2.75, 3.05) is 6.54 Å². The fourth-order valence-electron chi connectivity index (χ4n) is 2.28. The van der Waals surface area contributed by atoms with Gasteiger partial charge in [0.1, 0.15) is 0 Å². The van der Waals surface area contributed by atoms with E-state index in [2.05, 4.69) is 24.0 Å². The first-order valence-corrected chi connectivity index (χ1v) is 8.17. The van der Waals surface area contributed by atoms with Gasteiger partial charge in [-0.05, 0) is 31.5 Å². The average molecular weight is 271 g/mol. The molecule has 0 unspecified atom stereocenters. The van der Waals surface area contributed by atoms with Gasteiger partial charge in [0.25, 0.3) is 0 Å². The Morgan fingerprint density at radius 3 is 1.85 bits per heavy atom. The zero-order chi connectivity index (χ0) is 14.3. The van der Waals surface area contributed by atoms with Crippen molar-refractivity contribution < 1.29 is 0 Å². The molecule has 0 bridgehead atoms. The van der Waals surface area contributed by atoms with Crippen LogP contribution in [0, 0.1) is 11.8 Å². The first-order chi connectivity index (χ1) is 9.93. The summed E-state index contributed by atoms with van der Waals surface area (Å²) in [6.45, 7) is 0.851. The Labute approximate surface area is 125 Å². The summed E-state index contributed by atoms with van der Waals surface area (Å²) in [5.41, 5.74) is 6.60. The summed E-state index contributed by atoms with van der Waals surface area (Å²) < 4.78 is 0. The molecule has 0 atom stereocenters. The molecule has 0 saturated carbocycles. The molecule has 2 N–H and O–H groups in total. The van der Waals surface area contributed by atoms with E-state index in [0.29, 0.717) is 0 Å². The van der Waals surface area contributed by atoms with Crippen LogP contribution >= 0.6 is 0 Å². The van der Waals surface area contributed by atoms with Crippen LogP contribution < -0.4 is 5.73 Å². The summed E-state index contributed by atoms with van der Waals surface area (Å²) in [6, 6.07) is 10.2. The van der Waals surface area contributed by atoms with Gasteiger partial charge < -0.3 is 5.73 Å². The summed E-state index contributed by atoms with van der Waals surface area (Å²) in [6.07, 6.45) is 13.0. The molecule has 0 amide bonds. The average Bonchev–Trinajstić information content (AvgIpc) is 2.49. The fourth-order valence-corrected chi connectivity index (χ4v) is 2.28. The van der Waals surface area contributed by atoms with Gasteiger partial charge in [-0.3, -0.25) is 0 Å². The Kier molecular flexibility index (Phi) is 10.7. The largest absolute Gasteiger partial charge is 0.330 e. The van der Waals surface area contributed by atoms with Crippen LogP contribution in [-0.2, 0) is 0 Å². The molecule has 1 aromatic rings. The highest BCUT2D eigenvalue weighted by Crippen LogP contribution is 2.10. The summed E-state index contributed by atoms with van der Waals surface area (Å²) in [5.74, 6) is 6.48. The van der Waals surface area contributed by atoms with Gasteiger partial charge in [0.2, 0.25) is 0 Å². The van der Waals surface area contributed by atoms with Gasteiger partial charge in [0.05, 0.1) is 0 Å². The van der Waals surface area contributed by atoms with Crippen LogP contribution in [-0.4, -0.2) is 6.54 Å². The molecule has 0 heterocycles. The Morgan fingerprint density at radius 1 is 0.700 bits per heavy atom. The number of rotatable bonds is 10. The van der Waals surface area contributed by atoms with Crippen molar-refractivity contribution in [3.8, 4) is 11.8 Å². The zero-order valence-corrected chi connectivity index (χ0v) is 12.7. The Hall–Kier alpha value is -1.26. The van der Waals surface area contributed by atoms with Gasteiger partial charge in [-0.2, -0.15) is 0 Å². The lowest BCUT2D eigenvalue weighted by Crippen LogP contribution is -1.97. The standard InChI is InChI=1S/C19H29N/c20-18-14-9-7-5-3-1-2-4-6-8-11-15-19-16-12-10-13-17-19/h10,12-13,16-17H,1-9,14,18,20H2. The van der Waals surface area contributed by atoms with E-state index in [1.807, 2.05) is 18.2 Å². The van der Waals surface area contributed by atoms with Crippen molar-refractivity contribution >= 4 is 0 Å². The highest BCUT2D eigenvalue weighted by atomic mass is 14.5. The molecular formula is C19H29N. The van der Waals surface area contributed by atoms with Crippen LogP contribution in [0.2, 0.25) is 0 Å². The molecule has 0 spiro atoms. The third-order valence-electron chi connectivity index (χ3n) is 3.51. The van der Waals surface area contributed by atoms with E-state index >= 15 is 0 Å². The number of hydrogen-bond acceptors (Lipinski definition) is 1. The monoisotopic (exact) mass is 271 g/mol. The molecule has 0 aliphatic carbocycles. The highest BCUT2D eigenvalue weighted by molar-refractivity contribution is 5.33. The van der Waals surface area contributed by atoms with E-state index in [-0.39, 0.29) is 0 Å². The van der Waals surface area contributed by atoms with E-state index in [0.717, 1.165) is 18.5 Å². The number of nitrogens with two attached hydrogens (primary N) is 1. The van der Waals surface area contributed by atoms with Gasteiger partial charge in [0, 0.05) is 12.0 Å². The normalized spacial score (nSPS) is 10.1. The Bertz CT molecular complexity index is 372. The van der Waals surface area contributed by atoms with Gasteiger partial charge in [-0.1, -0.05) is 75.0 Å². The molecule has 1 nitrogen and oxygen atoms in total. The molecule has 0 aliphatic heterocycles. The molecule has 20 heavy (non-hydrogen) atoms. The molecule has 1 heteroatoms. The van der Waals surface area contributed by atoms with Crippen molar-refractivity contribution in [1.29, 1.82) is 0 Å². The third-order valence-corrected chi connectivity index (χ3v) is 3.51.